The molecule has 0 aliphatic carbocycles. The molecule has 14 aromatic carbocycles. The van der Waals surface area contributed by atoms with Crippen molar-refractivity contribution in [1.82, 2.24) is 18.3 Å². The Morgan fingerprint density at radius 1 is 0.156 bits per heavy atom. The van der Waals surface area contributed by atoms with Gasteiger partial charge in [-0.1, -0.05) is 170 Å². The first kappa shape index (κ1) is 51.1. The molecule has 0 aliphatic rings. The lowest BCUT2D eigenvalue weighted by Gasteiger charge is -2.27. The van der Waals surface area contributed by atoms with Gasteiger partial charge in [0.1, 0.15) is 0 Å². The minimum atomic E-state index is 1.06. The van der Waals surface area contributed by atoms with Crippen molar-refractivity contribution < 1.29 is 0 Å². The topological polar surface area (TPSA) is 26.2 Å². The smallest absolute Gasteiger partial charge is 0.0542 e. The second kappa shape index (κ2) is 20.8. The van der Waals surface area contributed by atoms with E-state index in [1.54, 1.807) is 0 Å². The van der Waals surface area contributed by atoms with Gasteiger partial charge in [0.05, 0.1) is 44.1 Å². The van der Waals surface area contributed by atoms with Gasteiger partial charge in [-0.05, 0) is 181 Å². The van der Waals surface area contributed by atoms with Crippen LogP contribution in [0.4, 0.5) is 34.1 Å². The number of hydrogen-bond donors (Lipinski definition) is 0. The molecule has 4 heterocycles. The lowest BCUT2D eigenvalue weighted by Crippen LogP contribution is -2.10. The van der Waals surface area contributed by atoms with Crippen LogP contribution < -0.4 is 9.80 Å². The summed E-state index contributed by atoms with van der Waals surface area (Å²) < 4.78 is 9.54. The van der Waals surface area contributed by atoms with E-state index in [0.29, 0.717) is 0 Å². The minimum Gasteiger partial charge on any atom is -0.310 e. The Kier molecular flexibility index (Phi) is 11.8. The average Bonchev–Trinajstić information content (AvgIpc) is 1.69. The zero-order valence-corrected chi connectivity index (χ0v) is 49.0. The molecule has 0 amide bonds. The molecule has 0 saturated heterocycles. The van der Waals surface area contributed by atoms with Crippen LogP contribution in [0.2, 0.25) is 0 Å². The zero-order valence-electron chi connectivity index (χ0n) is 49.0. The van der Waals surface area contributed by atoms with Gasteiger partial charge >= 0.3 is 0 Å². The van der Waals surface area contributed by atoms with Gasteiger partial charge in [0.15, 0.2) is 0 Å². The van der Waals surface area contributed by atoms with Gasteiger partial charge in [0.25, 0.3) is 0 Å². The third kappa shape index (κ3) is 8.19. The minimum absolute atomic E-state index is 1.06. The van der Waals surface area contributed by atoms with Gasteiger partial charge in [-0.15, -0.1) is 0 Å². The summed E-state index contributed by atoms with van der Waals surface area (Å²) in [6.07, 6.45) is 0. The third-order valence-corrected chi connectivity index (χ3v) is 18.3. The molecule has 0 N–H and O–H groups in total. The van der Waals surface area contributed by atoms with Crippen molar-refractivity contribution in [3.05, 3.63) is 340 Å². The van der Waals surface area contributed by atoms with E-state index in [1.807, 2.05) is 0 Å². The normalized spacial score (nSPS) is 11.8. The van der Waals surface area contributed by atoms with Crippen LogP contribution in [0, 0.1) is 0 Å². The fraction of sp³-hybridized carbons (Fsp3) is 0. The molecule has 90 heavy (non-hydrogen) atoms. The molecule has 4 aromatic heterocycles. The predicted octanol–water partition coefficient (Wildman–Crippen LogP) is 22.7. The first-order valence-electron chi connectivity index (χ1n) is 30.8. The second-order valence-electron chi connectivity index (χ2n) is 23.3. The Balaban J connectivity index is 0.770. The van der Waals surface area contributed by atoms with Crippen molar-refractivity contribution in [2.45, 2.75) is 0 Å². The molecule has 0 bridgehead atoms. The molecule has 0 unspecified atom stereocenters. The van der Waals surface area contributed by atoms with E-state index < -0.39 is 0 Å². The largest absolute Gasteiger partial charge is 0.310 e. The number of benzene rings is 14. The molecule has 0 radical (unpaired) electrons. The van der Waals surface area contributed by atoms with Gasteiger partial charge in [0.2, 0.25) is 0 Å². The summed E-state index contributed by atoms with van der Waals surface area (Å²) in [6.45, 7) is 0. The molecule has 6 heteroatoms. The Hall–Kier alpha value is -12.1. The molecule has 18 rings (SSSR count). The van der Waals surface area contributed by atoms with Crippen molar-refractivity contribution in [3.8, 4) is 33.9 Å². The average molecular weight is 1150 g/mol. The SMILES string of the molecule is c1ccc(-n2c3ccccc3c3cc(N(c4ccc(-c5ccc(N(c6ccc7c(c6)c6ccccc6n7-c6ccccc6)c6ccc7c(c6)c6ccccc6n7-c6ccccc6)cc5)cc4)c4ccc5c(c4)c4ccccc4n5-c4ccccc4)ccc32)cc1. The quantitative estimate of drug-likeness (QED) is 0.129. The third-order valence-electron chi connectivity index (χ3n) is 18.3. The van der Waals surface area contributed by atoms with E-state index in [-0.39, 0.29) is 0 Å². The standard InChI is InChI=1S/C84H56N6/c1-5-21-59(22-6-1)87-77-33-17-13-29-69(77)73-53-65(45-49-81(73)87)85(66-46-50-82-74(54-66)70-30-14-18-34-78(70)88(82)60-23-7-2-8-24-60)63-41-37-57(38-42-63)58-39-43-64(44-40-58)86(67-47-51-83-75(55-67)71-31-15-19-35-79(71)89(83)61-25-9-3-10-26-61)68-48-52-84-76(56-68)72-32-16-20-36-80(72)90(84)62-27-11-4-12-28-62/h1-56H. The maximum Gasteiger partial charge on any atom is 0.0542 e. The highest BCUT2D eigenvalue weighted by Gasteiger charge is 2.23. The Morgan fingerprint density at radius 2 is 0.356 bits per heavy atom. The summed E-state index contributed by atoms with van der Waals surface area (Å²) in [5.74, 6) is 0. The van der Waals surface area contributed by atoms with Crippen molar-refractivity contribution in [2.75, 3.05) is 9.80 Å². The maximum atomic E-state index is 2.43. The van der Waals surface area contributed by atoms with E-state index >= 15 is 0 Å². The summed E-state index contributed by atoms with van der Waals surface area (Å²) >= 11 is 0. The summed E-state index contributed by atoms with van der Waals surface area (Å²) in [4.78, 5) is 4.85. The van der Waals surface area contributed by atoms with Crippen LogP contribution in [0.3, 0.4) is 0 Å². The number of aromatic nitrogens is 4. The summed E-state index contributed by atoms with van der Waals surface area (Å²) in [5.41, 5.74) is 22.6. The van der Waals surface area contributed by atoms with Crippen LogP contribution in [0.15, 0.2) is 340 Å². The molecule has 422 valence electrons. The van der Waals surface area contributed by atoms with Gasteiger partial charge in [-0.2, -0.15) is 0 Å². The summed E-state index contributed by atoms with van der Waals surface area (Å²) in [5, 5.41) is 9.64. The second-order valence-corrected chi connectivity index (χ2v) is 23.3. The number of nitrogens with zero attached hydrogens (tertiary/aromatic N) is 6. The number of fused-ring (bicyclic) bond motifs is 12. The molecule has 0 saturated carbocycles. The Morgan fingerprint density at radius 3 is 0.600 bits per heavy atom. The first-order chi connectivity index (χ1) is 44.7. The number of rotatable bonds is 11. The van der Waals surface area contributed by atoms with Gasteiger partial charge in [-0.25, -0.2) is 0 Å². The lowest BCUT2D eigenvalue weighted by molar-refractivity contribution is 1.18. The van der Waals surface area contributed by atoms with Gasteiger partial charge in [-0.3, -0.25) is 0 Å². The van der Waals surface area contributed by atoms with Crippen LogP contribution in [-0.2, 0) is 0 Å². The fourth-order valence-corrected chi connectivity index (χ4v) is 14.3. The molecule has 6 nitrogen and oxygen atoms in total. The Bertz CT molecular complexity index is 5090. The van der Waals surface area contributed by atoms with Crippen LogP contribution in [0.25, 0.3) is 121 Å². The molecular weight excluding hydrogens is 1090 g/mol. The van der Waals surface area contributed by atoms with Crippen LogP contribution in [0.1, 0.15) is 0 Å². The summed E-state index contributed by atoms with van der Waals surface area (Å²) in [6, 6.07) is 124. The van der Waals surface area contributed by atoms with Gasteiger partial charge < -0.3 is 28.1 Å². The molecule has 0 spiro atoms. The van der Waals surface area contributed by atoms with Crippen LogP contribution in [0.5, 0.6) is 0 Å². The molecular formula is C84H56N6. The van der Waals surface area contributed by atoms with Crippen LogP contribution >= 0.6 is 0 Å². The predicted molar refractivity (Wildman–Crippen MR) is 379 cm³/mol. The van der Waals surface area contributed by atoms with Crippen molar-refractivity contribution in [3.63, 3.8) is 0 Å². The lowest BCUT2D eigenvalue weighted by atomic mass is 10.0. The highest BCUT2D eigenvalue weighted by molar-refractivity contribution is 6.15. The highest BCUT2D eigenvalue weighted by Crippen LogP contribution is 2.46. The molecule has 0 aliphatic heterocycles. The number of para-hydroxylation sites is 8. The molecule has 0 atom stereocenters. The highest BCUT2D eigenvalue weighted by atomic mass is 15.2. The van der Waals surface area contributed by atoms with E-state index in [1.165, 1.54) is 65.2 Å². The van der Waals surface area contributed by atoms with E-state index in [2.05, 4.69) is 368 Å². The van der Waals surface area contributed by atoms with Crippen molar-refractivity contribution >= 4 is 121 Å². The van der Waals surface area contributed by atoms with Crippen molar-refractivity contribution in [1.29, 1.82) is 0 Å². The van der Waals surface area contributed by atoms with Crippen molar-refractivity contribution in [2.24, 2.45) is 0 Å². The molecule has 0 fully saturated rings. The zero-order chi connectivity index (χ0) is 59.2. The summed E-state index contributed by atoms with van der Waals surface area (Å²) in [7, 11) is 0. The fourth-order valence-electron chi connectivity index (χ4n) is 14.3. The van der Waals surface area contributed by atoms with Gasteiger partial charge in [0, 0.05) is 100.0 Å². The number of hydrogen-bond acceptors (Lipinski definition) is 2. The number of anilines is 6. The maximum absolute atomic E-state index is 2.43. The van der Waals surface area contributed by atoms with Crippen LogP contribution in [-0.4, -0.2) is 18.3 Å². The van der Waals surface area contributed by atoms with E-state index in [0.717, 1.165) is 90.1 Å². The Labute approximate surface area is 520 Å². The monoisotopic (exact) mass is 1150 g/mol. The first-order valence-corrected chi connectivity index (χ1v) is 30.8. The van der Waals surface area contributed by atoms with E-state index in [4.69, 9.17) is 0 Å². The van der Waals surface area contributed by atoms with E-state index in [9.17, 15) is 0 Å². The molecule has 18 aromatic rings.